The molecule has 1 N–H and O–H groups in total. The van der Waals surface area contributed by atoms with E-state index < -0.39 is 17.7 Å². The molecule has 1 aliphatic rings. The first-order valence-electron chi connectivity index (χ1n) is 8.49. The summed E-state index contributed by atoms with van der Waals surface area (Å²) in [5.74, 6) is -2.62. The molecule has 0 spiro atoms. The molecule has 26 heavy (non-hydrogen) atoms. The predicted molar refractivity (Wildman–Crippen MR) is 98.3 cm³/mol. The first-order valence-corrected chi connectivity index (χ1v) is 8.49. The maximum absolute atomic E-state index is 11.9. The Labute approximate surface area is 152 Å². The number of benzene rings is 2. The van der Waals surface area contributed by atoms with Crippen LogP contribution in [0.1, 0.15) is 25.0 Å². The van der Waals surface area contributed by atoms with Gasteiger partial charge in [0, 0.05) is 25.7 Å². The van der Waals surface area contributed by atoms with Crippen LogP contribution in [0.2, 0.25) is 0 Å². The van der Waals surface area contributed by atoms with Crippen LogP contribution in [0.25, 0.3) is 0 Å². The number of aryl methyl sites for hydroxylation is 2. The monoisotopic (exact) mass is 351 g/mol. The van der Waals surface area contributed by atoms with E-state index in [1.807, 2.05) is 42.5 Å². The van der Waals surface area contributed by atoms with Crippen LogP contribution < -0.4 is 5.32 Å². The van der Waals surface area contributed by atoms with Gasteiger partial charge in [0.05, 0.1) is 0 Å². The van der Waals surface area contributed by atoms with Gasteiger partial charge in [-0.2, -0.15) is 0 Å². The van der Waals surface area contributed by atoms with Gasteiger partial charge in [-0.3, -0.25) is 0 Å². The molecular formula is C21H21NO4. The fourth-order valence-electron chi connectivity index (χ4n) is 2.63. The third kappa shape index (κ3) is 4.51. The lowest BCUT2D eigenvalue weighted by atomic mass is 10.0. The van der Waals surface area contributed by atoms with Crippen LogP contribution in [0.4, 0.5) is 5.69 Å². The highest BCUT2D eigenvalue weighted by Gasteiger charge is 2.38. The lowest BCUT2D eigenvalue weighted by Crippen LogP contribution is -2.42. The number of carbonyl (C=O) groups is 2. The van der Waals surface area contributed by atoms with Gasteiger partial charge in [0.2, 0.25) is 0 Å². The van der Waals surface area contributed by atoms with E-state index in [9.17, 15) is 9.59 Å². The largest absolute Gasteiger partial charge is 0.419 e. The standard InChI is InChI=1S/C21H21NO4/c1-21(2)25-19(23)18(20(24)26-21)14-22-17-12-10-16(11-13-17)9-8-15-6-4-3-5-7-15/h3-7,10-14,22H,8-9H2,1-2H3. The molecule has 1 saturated heterocycles. The summed E-state index contributed by atoms with van der Waals surface area (Å²) in [6.45, 7) is 3.03. The topological polar surface area (TPSA) is 64.6 Å². The second kappa shape index (κ2) is 7.44. The summed E-state index contributed by atoms with van der Waals surface area (Å²) < 4.78 is 10.1. The SMILES string of the molecule is CC1(C)OC(=O)C(=CNc2ccc(CCc3ccccc3)cc2)C(=O)O1. The number of ether oxygens (including phenoxy) is 2. The van der Waals surface area contributed by atoms with E-state index in [-0.39, 0.29) is 5.57 Å². The van der Waals surface area contributed by atoms with Gasteiger partial charge in [-0.15, -0.1) is 0 Å². The number of rotatable bonds is 5. The van der Waals surface area contributed by atoms with Gasteiger partial charge in [0.1, 0.15) is 0 Å². The lowest BCUT2D eigenvalue weighted by Gasteiger charge is -2.29. The Morgan fingerprint density at radius 2 is 1.38 bits per heavy atom. The van der Waals surface area contributed by atoms with Crippen molar-refractivity contribution in [1.82, 2.24) is 0 Å². The number of carbonyl (C=O) groups excluding carboxylic acids is 2. The van der Waals surface area contributed by atoms with Crippen LogP contribution in [-0.4, -0.2) is 17.7 Å². The predicted octanol–water partition coefficient (Wildman–Crippen LogP) is 3.60. The second-order valence-electron chi connectivity index (χ2n) is 6.56. The lowest BCUT2D eigenvalue weighted by molar-refractivity contribution is -0.222. The Morgan fingerprint density at radius 1 is 0.846 bits per heavy atom. The van der Waals surface area contributed by atoms with Crippen molar-refractivity contribution in [2.24, 2.45) is 0 Å². The Hall–Kier alpha value is -3.08. The Morgan fingerprint density at radius 3 is 1.96 bits per heavy atom. The summed E-state index contributed by atoms with van der Waals surface area (Å²) in [5, 5.41) is 2.94. The van der Waals surface area contributed by atoms with Crippen molar-refractivity contribution in [3.05, 3.63) is 77.5 Å². The molecule has 2 aromatic carbocycles. The fourth-order valence-corrected chi connectivity index (χ4v) is 2.63. The Kier molecular flexibility index (Phi) is 5.07. The molecule has 0 aromatic heterocycles. The highest BCUT2D eigenvalue weighted by molar-refractivity contribution is 6.15. The smallest absolute Gasteiger partial charge is 0.350 e. The maximum Gasteiger partial charge on any atom is 0.350 e. The summed E-state index contributed by atoms with van der Waals surface area (Å²) in [6.07, 6.45) is 3.24. The summed E-state index contributed by atoms with van der Waals surface area (Å²) >= 11 is 0. The Balaban J connectivity index is 1.59. The van der Waals surface area contributed by atoms with E-state index in [1.165, 1.54) is 31.2 Å². The van der Waals surface area contributed by atoms with Gasteiger partial charge in [0.15, 0.2) is 5.57 Å². The van der Waals surface area contributed by atoms with Crippen LogP contribution >= 0.6 is 0 Å². The van der Waals surface area contributed by atoms with E-state index in [0.717, 1.165) is 18.5 Å². The summed E-state index contributed by atoms with van der Waals surface area (Å²) in [5.41, 5.74) is 3.13. The third-order valence-electron chi connectivity index (χ3n) is 4.00. The highest BCUT2D eigenvalue weighted by atomic mass is 16.7. The van der Waals surface area contributed by atoms with Crippen molar-refractivity contribution in [2.75, 3.05) is 5.32 Å². The molecule has 0 amide bonds. The minimum Gasteiger partial charge on any atom is -0.419 e. The molecule has 3 rings (SSSR count). The van der Waals surface area contributed by atoms with Crippen LogP contribution in [0.3, 0.4) is 0 Å². The summed E-state index contributed by atoms with van der Waals surface area (Å²) in [7, 11) is 0. The van der Waals surface area contributed by atoms with E-state index in [4.69, 9.17) is 9.47 Å². The van der Waals surface area contributed by atoms with E-state index in [2.05, 4.69) is 17.4 Å². The van der Waals surface area contributed by atoms with Gasteiger partial charge in [-0.1, -0.05) is 42.5 Å². The van der Waals surface area contributed by atoms with Gasteiger partial charge >= 0.3 is 11.9 Å². The number of esters is 2. The van der Waals surface area contributed by atoms with Crippen molar-refractivity contribution < 1.29 is 19.1 Å². The molecule has 5 nitrogen and oxygen atoms in total. The van der Waals surface area contributed by atoms with Gasteiger partial charge in [-0.05, 0) is 36.1 Å². The number of nitrogens with one attached hydrogen (secondary N) is 1. The van der Waals surface area contributed by atoms with Crippen molar-refractivity contribution >= 4 is 17.6 Å². The molecule has 1 aliphatic heterocycles. The minimum absolute atomic E-state index is 0.155. The summed E-state index contributed by atoms with van der Waals surface area (Å²) in [4.78, 5) is 23.8. The van der Waals surface area contributed by atoms with E-state index in [1.54, 1.807) is 0 Å². The minimum atomic E-state index is -1.23. The van der Waals surface area contributed by atoms with Gasteiger partial charge < -0.3 is 14.8 Å². The van der Waals surface area contributed by atoms with Crippen molar-refractivity contribution in [1.29, 1.82) is 0 Å². The van der Waals surface area contributed by atoms with E-state index in [0.29, 0.717) is 0 Å². The Bertz CT molecular complexity index is 801. The molecule has 0 unspecified atom stereocenters. The first-order chi connectivity index (χ1) is 12.4. The fraction of sp³-hybridized carbons (Fsp3) is 0.238. The zero-order valence-corrected chi connectivity index (χ0v) is 14.8. The number of cyclic esters (lactones) is 2. The number of hydrogen-bond donors (Lipinski definition) is 1. The molecule has 0 radical (unpaired) electrons. The molecule has 1 heterocycles. The second-order valence-corrected chi connectivity index (χ2v) is 6.56. The van der Waals surface area contributed by atoms with Crippen LogP contribution in [-0.2, 0) is 31.9 Å². The molecule has 134 valence electrons. The zero-order chi connectivity index (χ0) is 18.6. The molecule has 0 saturated carbocycles. The van der Waals surface area contributed by atoms with Crippen molar-refractivity contribution in [3.8, 4) is 0 Å². The maximum atomic E-state index is 11.9. The molecule has 0 atom stereocenters. The quantitative estimate of drug-likeness (QED) is 0.506. The average Bonchev–Trinajstić information content (AvgIpc) is 2.60. The third-order valence-corrected chi connectivity index (χ3v) is 4.00. The van der Waals surface area contributed by atoms with Gasteiger partial charge in [0.25, 0.3) is 5.79 Å². The molecule has 0 bridgehead atoms. The molecule has 2 aromatic rings. The molecule has 1 fully saturated rings. The number of hydrogen-bond acceptors (Lipinski definition) is 5. The van der Waals surface area contributed by atoms with Crippen LogP contribution in [0.5, 0.6) is 0 Å². The normalized spacial score (nSPS) is 15.8. The molecule has 0 aliphatic carbocycles. The first kappa shape index (κ1) is 17.7. The van der Waals surface area contributed by atoms with Crippen molar-refractivity contribution in [2.45, 2.75) is 32.5 Å². The molecular weight excluding hydrogens is 330 g/mol. The van der Waals surface area contributed by atoms with Crippen LogP contribution in [0, 0.1) is 0 Å². The van der Waals surface area contributed by atoms with E-state index >= 15 is 0 Å². The molecule has 5 heteroatoms. The average molecular weight is 351 g/mol. The zero-order valence-electron chi connectivity index (χ0n) is 14.8. The van der Waals surface area contributed by atoms with Crippen molar-refractivity contribution in [3.63, 3.8) is 0 Å². The van der Waals surface area contributed by atoms with Gasteiger partial charge in [-0.25, -0.2) is 9.59 Å². The van der Waals surface area contributed by atoms with Crippen LogP contribution in [0.15, 0.2) is 66.4 Å². The summed E-state index contributed by atoms with van der Waals surface area (Å²) in [6, 6.07) is 18.2. The highest BCUT2D eigenvalue weighted by Crippen LogP contribution is 2.22. The number of anilines is 1.